The van der Waals surface area contributed by atoms with Crippen molar-refractivity contribution >= 4 is 22.7 Å². The summed E-state index contributed by atoms with van der Waals surface area (Å²) in [5.41, 5.74) is 0.812. The predicted molar refractivity (Wildman–Crippen MR) is 117 cm³/mol. The molecule has 2 heterocycles. The minimum absolute atomic E-state index is 0.198. The molecule has 1 aliphatic carbocycles. The maximum Gasteiger partial charge on any atom is 0.278 e. The van der Waals surface area contributed by atoms with Gasteiger partial charge in [-0.2, -0.15) is 4.68 Å². The topological polar surface area (TPSA) is 78.5 Å². The molecule has 1 fully saturated rings. The molecule has 1 saturated carbocycles. The molecular weight excluding hydrogens is 415 g/mol. The molecule has 0 radical (unpaired) electrons. The standard InChI is InChI=1S/C22H21FN6OS/c23-18-12-6-4-10-16(18)20-25-26-22(29(20)15-8-2-1-3-9-15)31-14-28-21(30)17-11-5-7-13-19(17)24-27-28/h4-7,10-13,15H,1-3,8-9,14H2. The molecule has 158 valence electrons. The molecule has 7 nitrogen and oxygen atoms in total. The van der Waals surface area contributed by atoms with Crippen LogP contribution in [0.25, 0.3) is 22.3 Å². The summed E-state index contributed by atoms with van der Waals surface area (Å²) in [7, 11) is 0. The third-order valence-corrected chi connectivity index (χ3v) is 6.57. The van der Waals surface area contributed by atoms with E-state index in [1.165, 1.54) is 28.9 Å². The SMILES string of the molecule is O=c1c2ccccc2nnn1CSc1nnc(-c2ccccc2F)n1C1CCCCC1. The summed E-state index contributed by atoms with van der Waals surface area (Å²) in [4.78, 5) is 12.8. The van der Waals surface area contributed by atoms with Gasteiger partial charge in [0.15, 0.2) is 11.0 Å². The monoisotopic (exact) mass is 436 g/mol. The third-order valence-electron chi connectivity index (χ3n) is 5.66. The fourth-order valence-electron chi connectivity index (χ4n) is 4.10. The van der Waals surface area contributed by atoms with Crippen molar-refractivity contribution in [3.63, 3.8) is 0 Å². The van der Waals surface area contributed by atoms with E-state index in [4.69, 9.17) is 0 Å². The van der Waals surface area contributed by atoms with E-state index in [2.05, 4.69) is 20.5 Å². The van der Waals surface area contributed by atoms with Crippen LogP contribution in [-0.4, -0.2) is 29.8 Å². The molecule has 0 saturated heterocycles. The van der Waals surface area contributed by atoms with Gasteiger partial charge in [0.1, 0.15) is 11.3 Å². The molecule has 0 atom stereocenters. The summed E-state index contributed by atoms with van der Waals surface area (Å²) in [6.07, 6.45) is 5.46. The number of fused-ring (bicyclic) bond motifs is 1. The second-order valence-corrected chi connectivity index (χ2v) is 8.54. The van der Waals surface area contributed by atoms with Gasteiger partial charge in [-0.3, -0.25) is 9.36 Å². The summed E-state index contributed by atoms with van der Waals surface area (Å²) in [6, 6.07) is 14.0. The van der Waals surface area contributed by atoms with E-state index in [0.29, 0.717) is 27.4 Å². The molecular formula is C22H21FN6OS. The van der Waals surface area contributed by atoms with Crippen LogP contribution < -0.4 is 5.56 Å². The molecule has 0 aliphatic heterocycles. The van der Waals surface area contributed by atoms with Crippen LogP contribution in [-0.2, 0) is 5.88 Å². The average Bonchev–Trinajstić information content (AvgIpc) is 3.23. The average molecular weight is 437 g/mol. The molecule has 4 aromatic rings. The van der Waals surface area contributed by atoms with Gasteiger partial charge in [-0.15, -0.1) is 15.3 Å². The van der Waals surface area contributed by atoms with Crippen molar-refractivity contribution in [2.75, 3.05) is 0 Å². The first kappa shape index (κ1) is 19.9. The Hall–Kier alpha value is -3.07. The Bertz CT molecular complexity index is 1280. The van der Waals surface area contributed by atoms with Crippen LogP contribution in [0.5, 0.6) is 0 Å². The number of hydrogen-bond acceptors (Lipinski definition) is 6. The Labute approximate surface area is 182 Å². The molecule has 2 aromatic carbocycles. The number of hydrogen-bond donors (Lipinski definition) is 0. The lowest BCUT2D eigenvalue weighted by Gasteiger charge is -2.25. The molecule has 2 aromatic heterocycles. The highest BCUT2D eigenvalue weighted by atomic mass is 32.2. The second-order valence-electron chi connectivity index (χ2n) is 7.63. The summed E-state index contributed by atoms with van der Waals surface area (Å²) in [5, 5.41) is 18.1. The van der Waals surface area contributed by atoms with Crippen molar-refractivity contribution in [2.45, 2.75) is 49.2 Å². The van der Waals surface area contributed by atoms with Crippen LogP contribution in [0.15, 0.2) is 58.5 Å². The fourth-order valence-corrected chi connectivity index (χ4v) is 4.98. The molecule has 1 aliphatic rings. The molecule has 0 N–H and O–H groups in total. The first-order valence-corrected chi connectivity index (χ1v) is 11.4. The van der Waals surface area contributed by atoms with Crippen LogP contribution in [0.3, 0.4) is 0 Å². The first-order valence-electron chi connectivity index (χ1n) is 10.4. The van der Waals surface area contributed by atoms with E-state index >= 15 is 0 Å². The minimum atomic E-state index is -0.319. The Morgan fingerprint density at radius 1 is 0.968 bits per heavy atom. The van der Waals surface area contributed by atoms with Gasteiger partial charge in [0.05, 0.1) is 16.8 Å². The molecule has 5 rings (SSSR count). The number of aromatic nitrogens is 6. The van der Waals surface area contributed by atoms with Crippen molar-refractivity contribution in [1.29, 1.82) is 0 Å². The quantitative estimate of drug-likeness (QED) is 0.430. The molecule has 9 heteroatoms. The molecule has 0 spiro atoms. The van der Waals surface area contributed by atoms with E-state index in [9.17, 15) is 9.18 Å². The maximum atomic E-state index is 14.5. The van der Waals surface area contributed by atoms with Crippen LogP contribution in [0.2, 0.25) is 0 Å². The lowest BCUT2D eigenvalue weighted by Crippen LogP contribution is -2.23. The Morgan fingerprint density at radius 3 is 2.58 bits per heavy atom. The predicted octanol–water partition coefficient (Wildman–Crippen LogP) is 4.44. The molecule has 31 heavy (non-hydrogen) atoms. The first-order chi connectivity index (χ1) is 15.2. The number of rotatable bonds is 5. The number of benzene rings is 2. The van der Waals surface area contributed by atoms with Gasteiger partial charge in [0.25, 0.3) is 5.56 Å². The zero-order chi connectivity index (χ0) is 21.2. The fraction of sp³-hybridized carbons (Fsp3) is 0.318. The van der Waals surface area contributed by atoms with E-state index < -0.39 is 0 Å². The van der Waals surface area contributed by atoms with Crippen molar-refractivity contribution in [3.8, 4) is 11.4 Å². The second kappa shape index (κ2) is 8.58. The Kier molecular flexibility index (Phi) is 5.50. The van der Waals surface area contributed by atoms with Gasteiger partial charge in [-0.1, -0.05) is 60.5 Å². The smallest absolute Gasteiger partial charge is 0.278 e. The summed E-state index contributed by atoms with van der Waals surface area (Å²) < 4.78 is 17.9. The van der Waals surface area contributed by atoms with Gasteiger partial charge in [0.2, 0.25) is 0 Å². The van der Waals surface area contributed by atoms with Gasteiger partial charge in [-0.25, -0.2) is 4.39 Å². The number of thioether (sulfide) groups is 1. The minimum Gasteiger partial charge on any atom is -0.299 e. The highest BCUT2D eigenvalue weighted by Gasteiger charge is 2.25. The number of nitrogens with zero attached hydrogens (tertiary/aromatic N) is 6. The van der Waals surface area contributed by atoms with E-state index in [1.807, 2.05) is 16.7 Å². The highest BCUT2D eigenvalue weighted by Crippen LogP contribution is 2.36. The van der Waals surface area contributed by atoms with Crippen molar-refractivity contribution < 1.29 is 4.39 Å². The lowest BCUT2D eigenvalue weighted by molar-refractivity contribution is 0.338. The van der Waals surface area contributed by atoms with Crippen molar-refractivity contribution in [1.82, 2.24) is 29.8 Å². The zero-order valence-corrected chi connectivity index (χ0v) is 17.6. The van der Waals surface area contributed by atoms with Crippen molar-refractivity contribution in [2.24, 2.45) is 0 Å². The highest BCUT2D eigenvalue weighted by molar-refractivity contribution is 7.98. The van der Waals surface area contributed by atoms with E-state index in [0.717, 1.165) is 25.7 Å². The molecule has 0 amide bonds. The molecule has 0 unspecified atom stereocenters. The summed E-state index contributed by atoms with van der Waals surface area (Å²) in [6.45, 7) is 0. The van der Waals surface area contributed by atoms with Gasteiger partial charge < -0.3 is 0 Å². The molecule has 0 bridgehead atoms. The third kappa shape index (κ3) is 3.85. The summed E-state index contributed by atoms with van der Waals surface area (Å²) >= 11 is 1.37. The van der Waals surface area contributed by atoms with Crippen LogP contribution >= 0.6 is 11.8 Å². The van der Waals surface area contributed by atoms with Crippen molar-refractivity contribution in [3.05, 3.63) is 64.7 Å². The maximum absolute atomic E-state index is 14.5. The van der Waals surface area contributed by atoms with Crippen LogP contribution in [0.1, 0.15) is 38.1 Å². The van der Waals surface area contributed by atoms with Gasteiger partial charge >= 0.3 is 0 Å². The Balaban J connectivity index is 1.50. The van der Waals surface area contributed by atoms with E-state index in [-0.39, 0.29) is 23.3 Å². The normalized spacial score (nSPS) is 14.9. The number of halogens is 1. The Morgan fingerprint density at radius 2 is 1.74 bits per heavy atom. The van der Waals surface area contributed by atoms with Crippen LogP contribution in [0, 0.1) is 5.82 Å². The largest absolute Gasteiger partial charge is 0.299 e. The van der Waals surface area contributed by atoms with Gasteiger partial charge in [0, 0.05) is 6.04 Å². The lowest BCUT2D eigenvalue weighted by atomic mass is 9.95. The summed E-state index contributed by atoms with van der Waals surface area (Å²) in [5.74, 6) is 0.461. The zero-order valence-electron chi connectivity index (χ0n) is 16.8. The van der Waals surface area contributed by atoms with Crippen LogP contribution in [0.4, 0.5) is 4.39 Å². The van der Waals surface area contributed by atoms with E-state index in [1.54, 1.807) is 30.3 Å². The van der Waals surface area contributed by atoms with Gasteiger partial charge in [-0.05, 0) is 37.1 Å².